The third kappa shape index (κ3) is 3.65. The van der Waals surface area contributed by atoms with Gasteiger partial charge >= 0.3 is 0 Å². The predicted molar refractivity (Wildman–Crippen MR) is 61.9 cm³/mol. The molecule has 0 aliphatic carbocycles. The second kappa shape index (κ2) is 5.89. The van der Waals surface area contributed by atoms with Gasteiger partial charge in [-0.25, -0.2) is 0 Å². The van der Waals surface area contributed by atoms with Crippen LogP contribution in [0.5, 0.6) is 0 Å². The molecule has 0 aromatic heterocycles. The van der Waals surface area contributed by atoms with Crippen molar-refractivity contribution in [3.63, 3.8) is 0 Å². The van der Waals surface area contributed by atoms with E-state index >= 15 is 0 Å². The zero-order valence-corrected chi connectivity index (χ0v) is 9.48. The van der Waals surface area contributed by atoms with E-state index < -0.39 is 0 Å². The van der Waals surface area contributed by atoms with Gasteiger partial charge in [-0.15, -0.1) is 0 Å². The Balaban J connectivity index is 2.71. The van der Waals surface area contributed by atoms with E-state index in [0.29, 0.717) is 5.92 Å². The van der Waals surface area contributed by atoms with Crippen LogP contribution >= 0.6 is 0 Å². The molecule has 0 heterocycles. The predicted octanol–water partition coefficient (Wildman–Crippen LogP) is 1.95. The van der Waals surface area contributed by atoms with Gasteiger partial charge in [-0.1, -0.05) is 38.1 Å². The van der Waals surface area contributed by atoms with Crippen molar-refractivity contribution in [3.05, 3.63) is 35.4 Å². The molecular formula is C13H20O2. The summed E-state index contributed by atoms with van der Waals surface area (Å²) in [5, 5.41) is 18.1. The minimum atomic E-state index is -0.141. The van der Waals surface area contributed by atoms with Crippen LogP contribution in [0.1, 0.15) is 30.9 Å². The first-order valence-electron chi connectivity index (χ1n) is 5.48. The van der Waals surface area contributed by atoms with Gasteiger partial charge in [-0.2, -0.15) is 0 Å². The van der Waals surface area contributed by atoms with Gasteiger partial charge in [-0.05, 0) is 23.5 Å². The molecule has 2 heteroatoms. The summed E-state index contributed by atoms with van der Waals surface area (Å²) in [6, 6.07) is 8.14. The Morgan fingerprint density at radius 1 is 1.00 bits per heavy atom. The Morgan fingerprint density at radius 2 is 1.53 bits per heavy atom. The van der Waals surface area contributed by atoms with E-state index in [1.807, 2.05) is 12.1 Å². The first kappa shape index (κ1) is 12.2. The average molecular weight is 208 g/mol. The van der Waals surface area contributed by atoms with E-state index in [0.717, 1.165) is 12.0 Å². The van der Waals surface area contributed by atoms with E-state index in [2.05, 4.69) is 26.0 Å². The Labute approximate surface area is 91.6 Å². The number of rotatable bonds is 5. The molecule has 0 saturated heterocycles. The van der Waals surface area contributed by atoms with Gasteiger partial charge in [0, 0.05) is 5.92 Å². The van der Waals surface area contributed by atoms with E-state index in [4.69, 9.17) is 10.2 Å². The maximum absolute atomic E-state index is 9.03. The maximum atomic E-state index is 9.03. The lowest BCUT2D eigenvalue weighted by atomic mass is 9.97. The van der Waals surface area contributed by atoms with Crippen LogP contribution in [0.4, 0.5) is 0 Å². The molecule has 0 bridgehead atoms. The van der Waals surface area contributed by atoms with Crippen LogP contribution in [0.15, 0.2) is 24.3 Å². The van der Waals surface area contributed by atoms with Gasteiger partial charge in [0.15, 0.2) is 0 Å². The molecule has 15 heavy (non-hydrogen) atoms. The zero-order valence-electron chi connectivity index (χ0n) is 9.48. The SMILES string of the molecule is CC(C)Cc1ccc(C(CO)CO)cc1. The standard InChI is InChI=1S/C13H20O2/c1-10(2)7-11-3-5-12(6-4-11)13(8-14)9-15/h3-6,10,13-15H,7-9H2,1-2H3. The maximum Gasteiger partial charge on any atom is 0.0521 e. The van der Waals surface area contributed by atoms with Crippen LogP contribution in [0.25, 0.3) is 0 Å². The van der Waals surface area contributed by atoms with Crippen LogP contribution in [-0.4, -0.2) is 23.4 Å². The smallest absolute Gasteiger partial charge is 0.0521 e. The zero-order chi connectivity index (χ0) is 11.3. The fraction of sp³-hybridized carbons (Fsp3) is 0.538. The Bertz CT molecular complexity index is 273. The molecule has 0 amide bonds. The van der Waals surface area contributed by atoms with Crippen molar-refractivity contribution in [2.24, 2.45) is 5.92 Å². The van der Waals surface area contributed by atoms with Crippen LogP contribution in [0.2, 0.25) is 0 Å². The highest BCUT2D eigenvalue weighted by atomic mass is 16.3. The molecule has 0 spiro atoms. The van der Waals surface area contributed by atoms with E-state index in [1.54, 1.807) is 0 Å². The summed E-state index contributed by atoms with van der Waals surface area (Å²) in [7, 11) is 0. The molecule has 2 nitrogen and oxygen atoms in total. The molecule has 0 radical (unpaired) electrons. The van der Waals surface area contributed by atoms with E-state index in [-0.39, 0.29) is 19.1 Å². The average Bonchev–Trinajstić information content (AvgIpc) is 2.21. The fourth-order valence-electron chi connectivity index (χ4n) is 1.67. The van der Waals surface area contributed by atoms with Crippen molar-refractivity contribution >= 4 is 0 Å². The van der Waals surface area contributed by atoms with E-state index in [1.165, 1.54) is 5.56 Å². The summed E-state index contributed by atoms with van der Waals surface area (Å²) in [4.78, 5) is 0. The lowest BCUT2D eigenvalue weighted by Crippen LogP contribution is -2.08. The lowest BCUT2D eigenvalue weighted by Gasteiger charge is -2.12. The van der Waals surface area contributed by atoms with Crippen LogP contribution in [0.3, 0.4) is 0 Å². The molecular weight excluding hydrogens is 188 g/mol. The van der Waals surface area contributed by atoms with Crippen molar-refractivity contribution < 1.29 is 10.2 Å². The lowest BCUT2D eigenvalue weighted by molar-refractivity contribution is 0.192. The van der Waals surface area contributed by atoms with Crippen molar-refractivity contribution in [2.45, 2.75) is 26.2 Å². The second-order valence-electron chi connectivity index (χ2n) is 4.40. The van der Waals surface area contributed by atoms with Crippen molar-refractivity contribution in [1.82, 2.24) is 0 Å². The summed E-state index contributed by atoms with van der Waals surface area (Å²) < 4.78 is 0. The van der Waals surface area contributed by atoms with Gasteiger partial charge in [0.25, 0.3) is 0 Å². The van der Waals surface area contributed by atoms with Crippen molar-refractivity contribution in [2.75, 3.05) is 13.2 Å². The summed E-state index contributed by atoms with van der Waals surface area (Å²) in [6.07, 6.45) is 1.07. The number of aliphatic hydroxyl groups excluding tert-OH is 2. The summed E-state index contributed by atoms with van der Waals surface area (Å²) >= 11 is 0. The van der Waals surface area contributed by atoms with Gasteiger partial charge in [0.05, 0.1) is 13.2 Å². The van der Waals surface area contributed by atoms with Gasteiger partial charge in [-0.3, -0.25) is 0 Å². The number of hydrogen-bond acceptors (Lipinski definition) is 2. The summed E-state index contributed by atoms with van der Waals surface area (Å²) in [6.45, 7) is 4.39. The normalized spacial score (nSPS) is 11.3. The molecule has 84 valence electrons. The quantitative estimate of drug-likeness (QED) is 0.776. The minimum Gasteiger partial charge on any atom is -0.396 e. The molecule has 1 aromatic rings. The van der Waals surface area contributed by atoms with Crippen LogP contribution < -0.4 is 0 Å². The second-order valence-corrected chi connectivity index (χ2v) is 4.40. The number of benzene rings is 1. The third-order valence-corrected chi connectivity index (χ3v) is 2.54. The van der Waals surface area contributed by atoms with Gasteiger partial charge < -0.3 is 10.2 Å². The van der Waals surface area contributed by atoms with Crippen LogP contribution in [0, 0.1) is 5.92 Å². The summed E-state index contributed by atoms with van der Waals surface area (Å²) in [5.41, 5.74) is 2.32. The third-order valence-electron chi connectivity index (χ3n) is 2.54. The van der Waals surface area contributed by atoms with Gasteiger partial charge in [0.2, 0.25) is 0 Å². The van der Waals surface area contributed by atoms with Crippen molar-refractivity contribution in [1.29, 1.82) is 0 Å². The highest BCUT2D eigenvalue weighted by Crippen LogP contribution is 2.16. The molecule has 0 atom stereocenters. The van der Waals surface area contributed by atoms with Gasteiger partial charge in [0.1, 0.15) is 0 Å². The summed E-state index contributed by atoms with van der Waals surface area (Å²) in [5.74, 6) is 0.514. The Kier molecular flexibility index (Phi) is 4.79. The largest absolute Gasteiger partial charge is 0.396 e. The Morgan fingerprint density at radius 3 is 1.93 bits per heavy atom. The molecule has 1 rings (SSSR count). The van der Waals surface area contributed by atoms with E-state index in [9.17, 15) is 0 Å². The highest BCUT2D eigenvalue weighted by Gasteiger charge is 2.08. The molecule has 0 aliphatic rings. The monoisotopic (exact) mass is 208 g/mol. The number of hydrogen-bond donors (Lipinski definition) is 2. The fourth-order valence-corrected chi connectivity index (χ4v) is 1.67. The Hall–Kier alpha value is -0.860. The highest BCUT2D eigenvalue weighted by molar-refractivity contribution is 5.25. The molecule has 0 fully saturated rings. The van der Waals surface area contributed by atoms with Crippen LogP contribution in [-0.2, 0) is 6.42 Å². The topological polar surface area (TPSA) is 40.5 Å². The van der Waals surface area contributed by atoms with Crippen molar-refractivity contribution in [3.8, 4) is 0 Å². The number of aliphatic hydroxyl groups is 2. The molecule has 0 saturated carbocycles. The minimum absolute atomic E-state index is 0.0000270. The first-order chi connectivity index (χ1) is 7.17. The first-order valence-corrected chi connectivity index (χ1v) is 5.48. The molecule has 0 unspecified atom stereocenters. The molecule has 1 aromatic carbocycles. The molecule has 2 N–H and O–H groups in total. The molecule has 0 aliphatic heterocycles.